The van der Waals surface area contributed by atoms with E-state index in [4.69, 9.17) is 4.74 Å². The first kappa shape index (κ1) is 17.2. The molecule has 0 spiro atoms. The maximum atomic E-state index is 11.5. The number of hydrogen-bond donors (Lipinski definition) is 4. The predicted octanol–water partition coefficient (Wildman–Crippen LogP) is 1.87. The summed E-state index contributed by atoms with van der Waals surface area (Å²) in [7, 11) is 0. The second-order valence-electron chi connectivity index (χ2n) is 6.37. The number of fused-ring (bicyclic) bond motifs is 1. The maximum Gasteiger partial charge on any atom is 0.407 e. The van der Waals surface area contributed by atoms with Crippen LogP contribution in [0.5, 0.6) is 0 Å². The SMILES string of the molecule is CC(C)(C)OC(=O)NCCC(O)C(O)c1c[nH]c2ncccc12. The Morgan fingerprint density at radius 2 is 2.17 bits per heavy atom. The number of H-pyrrole nitrogens is 1. The minimum Gasteiger partial charge on any atom is -0.444 e. The van der Waals surface area contributed by atoms with E-state index < -0.39 is 23.9 Å². The summed E-state index contributed by atoms with van der Waals surface area (Å²) >= 11 is 0. The fraction of sp³-hybridized carbons (Fsp3) is 0.500. The molecule has 7 heteroatoms. The highest BCUT2D eigenvalue weighted by atomic mass is 16.6. The molecular formula is C16H23N3O4. The molecule has 2 unspecified atom stereocenters. The molecule has 1 amide bonds. The summed E-state index contributed by atoms with van der Waals surface area (Å²) in [6.07, 6.45) is 0.865. The molecule has 0 fully saturated rings. The number of aromatic nitrogens is 2. The number of nitrogens with one attached hydrogen (secondary N) is 2. The van der Waals surface area contributed by atoms with E-state index >= 15 is 0 Å². The van der Waals surface area contributed by atoms with Crippen molar-refractivity contribution < 1.29 is 19.7 Å². The van der Waals surface area contributed by atoms with E-state index in [0.29, 0.717) is 11.2 Å². The second-order valence-corrected chi connectivity index (χ2v) is 6.37. The number of alkyl carbamates (subject to hydrolysis) is 1. The average molecular weight is 321 g/mol. The lowest BCUT2D eigenvalue weighted by Gasteiger charge is -2.21. The smallest absolute Gasteiger partial charge is 0.407 e. The molecule has 2 aromatic heterocycles. The Kier molecular flexibility index (Phi) is 5.23. The van der Waals surface area contributed by atoms with Crippen LogP contribution in [-0.4, -0.2) is 44.5 Å². The van der Waals surface area contributed by atoms with E-state index in [-0.39, 0.29) is 13.0 Å². The molecule has 2 aromatic rings. The van der Waals surface area contributed by atoms with Crippen molar-refractivity contribution in [1.29, 1.82) is 0 Å². The van der Waals surface area contributed by atoms with Gasteiger partial charge in [-0.3, -0.25) is 0 Å². The van der Waals surface area contributed by atoms with Crippen LogP contribution in [0.15, 0.2) is 24.5 Å². The lowest BCUT2D eigenvalue weighted by atomic mass is 10.0. The number of aliphatic hydroxyl groups excluding tert-OH is 2. The van der Waals surface area contributed by atoms with Crippen molar-refractivity contribution in [2.24, 2.45) is 0 Å². The van der Waals surface area contributed by atoms with Crippen molar-refractivity contribution in [3.8, 4) is 0 Å². The second kappa shape index (κ2) is 6.97. The highest BCUT2D eigenvalue weighted by Crippen LogP contribution is 2.26. The summed E-state index contributed by atoms with van der Waals surface area (Å²) in [5, 5.41) is 23.7. The van der Waals surface area contributed by atoms with Crippen LogP contribution in [0.3, 0.4) is 0 Å². The number of ether oxygens (including phenoxy) is 1. The van der Waals surface area contributed by atoms with Gasteiger partial charge in [0.05, 0.1) is 6.10 Å². The number of carbonyl (C=O) groups is 1. The maximum absolute atomic E-state index is 11.5. The molecule has 0 saturated carbocycles. The molecule has 0 aliphatic heterocycles. The topological polar surface area (TPSA) is 107 Å². The Labute approximate surface area is 134 Å². The predicted molar refractivity (Wildman–Crippen MR) is 85.9 cm³/mol. The molecule has 0 bridgehead atoms. The van der Waals surface area contributed by atoms with Gasteiger partial charge in [-0.2, -0.15) is 0 Å². The highest BCUT2D eigenvalue weighted by Gasteiger charge is 2.22. The van der Waals surface area contributed by atoms with Crippen LogP contribution < -0.4 is 5.32 Å². The van der Waals surface area contributed by atoms with E-state index in [1.807, 2.05) is 6.07 Å². The molecule has 0 radical (unpaired) electrons. The third-order valence-electron chi connectivity index (χ3n) is 3.27. The summed E-state index contributed by atoms with van der Waals surface area (Å²) < 4.78 is 5.10. The van der Waals surface area contributed by atoms with Gasteiger partial charge in [-0.05, 0) is 39.3 Å². The summed E-state index contributed by atoms with van der Waals surface area (Å²) in [5.41, 5.74) is 0.665. The minimum atomic E-state index is -1.06. The van der Waals surface area contributed by atoms with Gasteiger partial charge in [0.1, 0.15) is 17.4 Å². The number of amides is 1. The molecule has 2 rings (SSSR count). The Bertz CT molecular complexity index is 663. The standard InChI is InChI=1S/C16H23N3O4/c1-16(2,3)23-15(22)18-8-6-12(20)13(21)11-9-19-14-10(11)5-4-7-17-14/h4-5,7,9,12-13,20-21H,6,8H2,1-3H3,(H,17,19)(H,18,22). The van der Waals surface area contributed by atoms with Gasteiger partial charge >= 0.3 is 6.09 Å². The van der Waals surface area contributed by atoms with Crippen LogP contribution in [0.2, 0.25) is 0 Å². The van der Waals surface area contributed by atoms with Crippen molar-refractivity contribution in [2.45, 2.75) is 45.0 Å². The number of hydrogen-bond acceptors (Lipinski definition) is 5. The first-order valence-electron chi connectivity index (χ1n) is 7.53. The van der Waals surface area contributed by atoms with Gasteiger partial charge in [0, 0.05) is 29.9 Å². The molecule has 0 aromatic carbocycles. The normalized spacial score (nSPS) is 14.5. The van der Waals surface area contributed by atoms with Crippen LogP contribution in [0.25, 0.3) is 11.0 Å². The minimum absolute atomic E-state index is 0.202. The molecule has 0 aliphatic carbocycles. The molecule has 2 atom stereocenters. The highest BCUT2D eigenvalue weighted by molar-refractivity contribution is 5.79. The van der Waals surface area contributed by atoms with Gasteiger partial charge in [-0.1, -0.05) is 0 Å². The van der Waals surface area contributed by atoms with Crippen molar-refractivity contribution >= 4 is 17.1 Å². The third kappa shape index (κ3) is 4.67. The largest absolute Gasteiger partial charge is 0.444 e. The Balaban J connectivity index is 1.88. The Morgan fingerprint density at radius 3 is 2.87 bits per heavy atom. The van der Waals surface area contributed by atoms with Gasteiger partial charge < -0.3 is 25.3 Å². The van der Waals surface area contributed by atoms with Gasteiger partial charge in [-0.25, -0.2) is 9.78 Å². The van der Waals surface area contributed by atoms with Crippen molar-refractivity contribution in [3.05, 3.63) is 30.1 Å². The van der Waals surface area contributed by atoms with Crippen LogP contribution in [-0.2, 0) is 4.74 Å². The molecule has 0 aliphatic rings. The fourth-order valence-corrected chi connectivity index (χ4v) is 2.22. The fourth-order valence-electron chi connectivity index (χ4n) is 2.22. The number of aromatic amines is 1. The van der Waals surface area contributed by atoms with Crippen LogP contribution in [0.1, 0.15) is 38.9 Å². The molecule has 7 nitrogen and oxygen atoms in total. The Hall–Kier alpha value is -2.12. The number of nitrogens with zero attached hydrogens (tertiary/aromatic N) is 1. The lowest BCUT2D eigenvalue weighted by Crippen LogP contribution is -2.34. The molecular weight excluding hydrogens is 298 g/mol. The van der Waals surface area contributed by atoms with Crippen molar-refractivity contribution in [3.63, 3.8) is 0 Å². The van der Waals surface area contributed by atoms with E-state index in [1.165, 1.54) is 0 Å². The summed E-state index contributed by atoms with van der Waals surface area (Å²) in [6, 6.07) is 3.59. The third-order valence-corrected chi connectivity index (χ3v) is 3.27. The number of carbonyl (C=O) groups excluding carboxylic acids is 1. The van der Waals surface area contributed by atoms with Crippen molar-refractivity contribution in [1.82, 2.24) is 15.3 Å². The number of rotatable bonds is 5. The van der Waals surface area contributed by atoms with E-state index in [1.54, 1.807) is 39.2 Å². The summed E-state index contributed by atoms with van der Waals surface area (Å²) in [5.74, 6) is 0. The number of aliphatic hydroxyl groups is 2. The van der Waals surface area contributed by atoms with Gasteiger partial charge in [0.15, 0.2) is 0 Å². The summed E-state index contributed by atoms with van der Waals surface area (Å²) in [4.78, 5) is 18.6. The molecule has 2 heterocycles. The Morgan fingerprint density at radius 1 is 1.43 bits per heavy atom. The first-order chi connectivity index (χ1) is 10.8. The lowest BCUT2D eigenvalue weighted by molar-refractivity contribution is 0.0131. The van der Waals surface area contributed by atoms with Crippen LogP contribution in [0, 0.1) is 0 Å². The zero-order valence-electron chi connectivity index (χ0n) is 13.5. The molecule has 4 N–H and O–H groups in total. The monoisotopic (exact) mass is 321 g/mol. The average Bonchev–Trinajstić information content (AvgIpc) is 2.88. The summed E-state index contributed by atoms with van der Waals surface area (Å²) in [6.45, 7) is 5.52. The quantitative estimate of drug-likeness (QED) is 0.672. The molecule has 126 valence electrons. The molecule has 23 heavy (non-hydrogen) atoms. The van der Waals surface area contributed by atoms with Gasteiger partial charge in [0.2, 0.25) is 0 Å². The first-order valence-corrected chi connectivity index (χ1v) is 7.53. The van der Waals surface area contributed by atoms with Crippen LogP contribution in [0.4, 0.5) is 4.79 Å². The van der Waals surface area contributed by atoms with Crippen molar-refractivity contribution in [2.75, 3.05) is 6.54 Å². The van der Waals surface area contributed by atoms with Crippen LogP contribution >= 0.6 is 0 Å². The zero-order chi connectivity index (χ0) is 17.0. The molecule has 0 saturated heterocycles. The van der Waals surface area contributed by atoms with E-state index in [9.17, 15) is 15.0 Å². The van der Waals surface area contributed by atoms with Gasteiger partial charge in [-0.15, -0.1) is 0 Å². The number of pyridine rings is 1. The zero-order valence-corrected chi connectivity index (χ0v) is 13.5. The van der Waals surface area contributed by atoms with Gasteiger partial charge in [0.25, 0.3) is 0 Å². The van der Waals surface area contributed by atoms with E-state index in [0.717, 1.165) is 5.39 Å². The van der Waals surface area contributed by atoms with E-state index in [2.05, 4.69) is 15.3 Å².